The van der Waals surface area contributed by atoms with Gasteiger partial charge in [-0.15, -0.1) is 0 Å². The van der Waals surface area contributed by atoms with E-state index in [0.717, 1.165) is 12.7 Å². The third-order valence-corrected chi connectivity index (χ3v) is 6.64. The van der Waals surface area contributed by atoms with Crippen LogP contribution in [0.25, 0.3) is 11.1 Å². The molecule has 0 aromatic heterocycles. The van der Waals surface area contributed by atoms with Crippen molar-refractivity contribution in [1.82, 2.24) is 0 Å². The lowest BCUT2D eigenvalue weighted by atomic mass is 9.98. The molecule has 0 aliphatic carbocycles. The maximum atomic E-state index is 14.3. The van der Waals surface area contributed by atoms with Gasteiger partial charge < -0.3 is 4.74 Å². The third-order valence-electron chi connectivity index (χ3n) is 4.96. The summed E-state index contributed by atoms with van der Waals surface area (Å²) < 4.78 is 50.0. The Balaban J connectivity index is 1.83. The van der Waals surface area contributed by atoms with Crippen molar-refractivity contribution < 1.29 is 21.7 Å². The van der Waals surface area contributed by atoms with Gasteiger partial charge in [0.25, 0.3) is 10.1 Å². The van der Waals surface area contributed by atoms with Gasteiger partial charge in [0.2, 0.25) is 0 Å². The number of fused-ring (bicyclic) bond motifs is 1. The molecule has 4 nitrogen and oxygen atoms in total. The molecule has 29 heavy (non-hydrogen) atoms. The fourth-order valence-corrected chi connectivity index (χ4v) is 4.75. The highest BCUT2D eigenvalue weighted by Gasteiger charge is 2.32. The summed E-state index contributed by atoms with van der Waals surface area (Å²) in [4.78, 5) is 0.0446. The Morgan fingerprint density at radius 3 is 2.59 bits per heavy atom. The zero-order valence-corrected chi connectivity index (χ0v) is 17.4. The first-order valence-electron chi connectivity index (χ1n) is 8.95. The highest BCUT2D eigenvalue weighted by molar-refractivity contribution is 7.86. The number of hydrogen-bond donors (Lipinski definition) is 0. The van der Waals surface area contributed by atoms with Crippen molar-refractivity contribution in [3.05, 3.63) is 82.1 Å². The van der Waals surface area contributed by atoms with Gasteiger partial charge in [0.1, 0.15) is 22.6 Å². The molecule has 3 aromatic carbocycles. The topological polar surface area (TPSA) is 52.6 Å². The lowest BCUT2D eigenvalue weighted by molar-refractivity contribution is 0.235. The molecule has 1 aliphatic heterocycles. The van der Waals surface area contributed by atoms with Gasteiger partial charge in [-0.05, 0) is 31.2 Å². The van der Waals surface area contributed by atoms with Gasteiger partial charge in [0.05, 0.1) is 7.11 Å². The van der Waals surface area contributed by atoms with Gasteiger partial charge in [-0.3, -0.25) is 4.18 Å². The van der Waals surface area contributed by atoms with Gasteiger partial charge >= 0.3 is 0 Å². The number of hydrogen-bond acceptors (Lipinski definition) is 4. The molecule has 0 bridgehead atoms. The smallest absolute Gasteiger partial charge is 0.297 e. The Kier molecular flexibility index (Phi) is 5.11. The molecule has 0 saturated carbocycles. The molecule has 0 saturated heterocycles. The lowest BCUT2D eigenvalue weighted by Gasteiger charge is -2.17. The van der Waals surface area contributed by atoms with E-state index in [1.54, 1.807) is 30.3 Å². The molecule has 1 aliphatic rings. The minimum Gasteiger partial charge on any atom is -0.484 e. The standard InChI is InChI=1S/C22H18ClFO4S/c1-13-7-8-21(29(25,26)27-2)18(9-13)20-11-14-10-15(24)12-17(22(14)28-20)16-5-3-4-6-19(16)23/h3-10,12,20H,11H2,1-2H3. The van der Waals surface area contributed by atoms with E-state index in [1.807, 2.05) is 13.0 Å². The predicted octanol–water partition coefficient (Wildman–Crippen LogP) is 5.47. The fraction of sp³-hybridized carbons (Fsp3) is 0.182. The molecule has 1 heterocycles. The van der Waals surface area contributed by atoms with E-state index < -0.39 is 22.0 Å². The lowest BCUT2D eigenvalue weighted by Crippen LogP contribution is -2.12. The number of rotatable bonds is 4. The van der Waals surface area contributed by atoms with Gasteiger partial charge in [-0.25, -0.2) is 4.39 Å². The average Bonchev–Trinajstić information content (AvgIpc) is 3.11. The highest BCUT2D eigenvalue weighted by Crippen LogP contribution is 2.46. The van der Waals surface area contributed by atoms with Crippen LogP contribution < -0.4 is 4.74 Å². The fourth-order valence-electron chi connectivity index (χ4n) is 3.61. The highest BCUT2D eigenvalue weighted by atomic mass is 35.5. The van der Waals surface area contributed by atoms with E-state index in [1.165, 1.54) is 18.2 Å². The zero-order chi connectivity index (χ0) is 20.8. The van der Waals surface area contributed by atoms with E-state index in [2.05, 4.69) is 0 Å². The van der Waals surface area contributed by atoms with Crippen LogP contribution in [0.4, 0.5) is 4.39 Å². The Morgan fingerprint density at radius 2 is 1.86 bits per heavy atom. The molecule has 0 N–H and O–H groups in total. The Morgan fingerprint density at radius 1 is 1.10 bits per heavy atom. The van der Waals surface area contributed by atoms with Crippen molar-refractivity contribution in [3.8, 4) is 16.9 Å². The van der Waals surface area contributed by atoms with Gasteiger partial charge in [0, 0.05) is 33.7 Å². The summed E-state index contributed by atoms with van der Waals surface area (Å²) in [6.07, 6.45) is -0.256. The van der Waals surface area contributed by atoms with Crippen LogP contribution in [0.1, 0.15) is 22.8 Å². The molecule has 0 radical (unpaired) electrons. The largest absolute Gasteiger partial charge is 0.484 e. The van der Waals surface area contributed by atoms with Gasteiger partial charge in [-0.1, -0.05) is 47.5 Å². The average molecular weight is 433 g/mol. The molecule has 150 valence electrons. The maximum Gasteiger partial charge on any atom is 0.297 e. The second-order valence-electron chi connectivity index (χ2n) is 6.89. The molecule has 1 atom stereocenters. The summed E-state index contributed by atoms with van der Waals surface area (Å²) in [5.41, 5.74) is 3.21. The van der Waals surface area contributed by atoms with Crippen molar-refractivity contribution in [1.29, 1.82) is 0 Å². The third kappa shape index (κ3) is 3.64. The summed E-state index contributed by atoms with van der Waals surface area (Å²) in [7, 11) is -2.80. The van der Waals surface area contributed by atoms with Crippen LogP contribution >= 0.6 is 11.6 Å². The molecule has 3 aromatic rings. The first kappa shape index (κ1) is 19.9. The van der Waals surface area contributed by atoms with E-state index in [9.17, 15) is 12.8 Å². The van der Waals surface area contributed by atoms with E-state index in [4.69, 9.17) is 20.5 Å². The quantitative estimate of drug-likeness (QED) is 0.513. The second-order valence-corrected chi connectivity index (χ2v) is 8.98. The van der Waals surface area contributed by atoms with Crippen molar-refractivity contribution in [2.45, 2.75) is 24.3 Å². The first-order chi connectivity index (χ1) is 13.8. The summed E-state index contributed by atoms with van der Waals surface area (Å²) in [6.45, 7) is 1.86. The molecule has 7 heteroatoms. The van der Waals surface area contributed by atoms with Gasteiger partial charge in [0.15, 0.2) is 0 Å². The number of halogens is 2. The van der Waals surface area contributed by atoms with Crippen molar-refractivity contribution in [3.63, 3.8) is 0 Å². The summed E-state index contributed by atoms with van der Waals surface area (Å²) in [6, 6.07) is 14.9. The Bertz CT molecular complexity index is 1210. The molecule has 0 spiro atoms. The Hall–Kier alpha value is -2.41. The molecule has 0 amide bonds. The monoisotopic (exact) mass is 432 g/mol. The zero-order valence-electron chi connectivity index (χ0n) is 15.8. The summed E-state index contributed by atoms with van der Waals surface area (Å²) in [5, 5.41) is 0.477. The predicted molar refractivity (Wildman–Crippen MR) is 109 cm³/mol. The molecule has 0 fully saturated rings. The minimum absolute atomic E-state index is 0.0446. The first-order valence-corrected chi connectivity index (χ1v) is 10.7. The molecule has 1 unspecified atom stereocenters. The van der Waals surface area contributed by atoms with Gasteiger partial charge in [-0.2, -0.15) is 8.42 Å². The molecular weight excluding hydrogens is 415 g/mol. The van der Waals surface area contributed by atoms with Crippen molar-refractivity contribution in [2.75, 3.05) is 7.11 Å². The maximum absolute atomic E-state index is 14.3. The second kappa shape index (κ2) is 7.44. The Labute approximate surface area is 174 Å². The van der Waals surface area contributed by atoms with Crippen LogP contribution in [0.15, 0.2) is 59.5 Å². The molecular formula is C22H18ClFO4S. The SMILES string of the molecule is COS(=O)(=O)c1ccc(C)cc1C1Cc2cc(F)cc(-c3ccccc3Cl)c2O1. The number of benzene rings is 3. The van der Waals surface area contributed by atoms with E-state index in [0.29, 0.717) is 39.4 Å². The van der Waals surface area contributed by atoms with E-state index in [-0.39, 0.29) is 4.90 Å². The van der Waals surface area contributed by atoms with Crippen molar-refractivity contribution in [2.24, 2.45) is 0 Å². The number of ether oxygens (including phenoxy) is 1. The van der Waals surface area contributed by atoms with Crippen LogP contribution in [0.5, 0.6) is 5.75 Å². The van der Waals surface area contributed by atoms with Crippen molar-refractivity contribution >= 4 is 21.7 Å². The van der Waals surface area contributed by atoms with Crippen LogP contribution in [-0.4, -0.2) is 15.5 Å². The summed E-state index contributed by atoms with van der Waals surface area (Å²) >= 11 is 6.32. The van der Waals surface area contributed by atoms with Crippen LogP contribution in [0, 0.1) is 12.7 Å². The summed E-state index contributed by atoms with van der Waals surface area (Å²) in [5.74, 6) is 0.101. The van der Waals surface area contributed by atoms with Crippen LogP contribution in [-0.2, 0) is 20.7 Å². The van der Waals surface area contributed by atoms with E-state index >= 15 is 0 Å². The van der Waals surface area contributed by atoms with Crippen LogP contribution in [0.3, 0.4) is 0 Å². The van der Waals surface area contributed by atoms with Crippen LogP contribution in [0.2, 0.25) is 5.02 Å². The number of aryl methyl sites for hydroxylation is 1. The molecule has 4 rings (SSSR count). The normalized spacial score (nSPS) is 15.8. The minimum atomic E-state index is -3.92.